The molecule has 0 radical (unpaired) electrons. The Morgan fingerprint density at radius 3 is 3.10 bits per heavy atom. The lowest BCUT2D eigenvalue weighted by Gasteiger charge is -2.22. The van der Waals surface area contributed by atoms with E-state index in [0.717, 1.165) is 36.0 Å². The number of nitrogens with one attached hydrogen (secondary N) is 2. The highest BCUT2D eigenvalue weighted by atomic mass is 16.2. The van der Waals surface area contributed by atoms with Gasteiger partial charge in [-0.15, -0.1) is 0 Å². The molecule has 0 spiro atoms. The largest absolute Gasteiger partial charge is 0.355 e. The van der Waals surface area contributed by atoms with Crippen molar-refractivity contribution in [3.63, 3.8) is 0 Å². The molecule has 2 heterocycles. The molecule has 1 saturated heterocycles. The molecular formula is C16H19N3O. The first-order valence-electron chi connectivity index (χ1n) is 7.10. The summed E-state index contributed by atoms with van der Waals surface area (Å²) in [6.45, 7) is 3.51. The maximum atomic E-state index is 11.7. The number of benzene rings is 1. The Kier molecular flexibility index (Phi) is 3.65. The molecule has 1 atom stereocenters. The van der Waals surface area contributed by atoms with Crippen LogP contribution >= 0.6 is 0 Å². The highest BCUT2D eigenvalue weighted by Gasteiger charge is 2.20. The van der Waals surface area contributed by atoms with Crippen molar-refractivity contribution in [2.75, 3.05) is 6.54 Å². The molecule has 1 unspecified atom stereocenters. The van der Waals surface area contributed by atoms with E-state index in [9.17, 15) is 4.79 Å². The van der Waals surface area contributed by atoms with E-state index in [1.54, 1.807) is 0 Å². The molecule has 0 bridgehead atoms. The highest BCUT2D eigenvalue weighted by Crippen LogP contribution is 2.15. The lowest BCUT2D eigenvalue weighted by Crippen LogP contribution is -2.47. The molecule has 2 aromatic rings. The van der Waals surface area contributed by atoms with E-state index in [0.29, 0.717) is 6.54 Å². The van der Waals surface area contributed by atoms with Gasteiger partial charge in [-0.3, -0.25) is 9.78 Å². The van der Waals surface area contributed by atoms with Crippen molar-refractivity contribution >= 4 is 16.8 Å². The van der Waals surface area contributed by atoms with Gasteiger partial charge in [0, 0.05) is 24.2 Å². The average molecular weight is 269 g/mol. The van der Waals surface area contributed by atoms with E-state index >= 15 is 0 Å². The topological polar surface area (TPSA) is 54.0 Å². The normalized spacial score (nSPS) is 19.1. The van der Waals surface area contributed by atoms with E-state index < -0.39 is 0 Å². The third kappa shape index (κ3) is 2.80. The Hall–Kier alpha value is -1.94. The standard InChI is InChI=1S/C16H19N3O/c1-11-4-6-13-9-12(5-7-14(13)19-11)10-18-15-3-2-8-17-16(15)20/h4-7,9,15,18H,2-3,8,10H2,1H3,(H,17,20). The number of aromatic nitrogens is 1. The van der Waals surface area contributed by atoms with Crippen molar-refractivity contribution < 1.29 is 4.79 Å². The number of nitrogens with zero attached hydrogens (tertiary/aromatic N) is 1. The van der Waals surface area contributed by atoms with Crippen LogP contribution in [-0.2, 0) is 11.3 Å². The van der Waals surface area contributed by atoms with Crippen LogP contribution in [0.3, 0.4) is 0 Å². The zero-order valence-corrected chi connectivity index (χ0v) is 11.6. The van der Waals surface area contributed by atoms with Crippen LogP contribution < -0.4 is 10.6 Å². The molecule has 1 aliphatic heterocycles. The molecule has 20 heavy (non-hydrogen) atoms. The molecule has 0 aliphatic carbocycles. The van der Waals surface area contributed by atoms with Crippen molar-refractivity contribution in [3.8, 4) is 0 Å². The van der Waals surface area contributed by atoms with Crippen LogP contribution in [0.25, 0.3) is 10.9 Å². The van der Waals surface area contributed by atoms with Gasteiger partial charge in [-0.1, -0.05) is 12.1 Å². The maximum absolute atomic E-state index is 11.7. The third-order valence-electron chi connectivity index (χ3n) is 3.73. The first-order valence-corrected chi connectivity index (χ1v) is 7.10. The van der Waals surface area contributed by atoms with Gasteiger partial charge in [-0.25, -0.2) is 0 Å². The summed E-state index contributed by atoms with van der Waals surface area (Å²) < 4.78 is 0. The highest BCUT2D eigenvalue weighted by molar-refractivity contribution is 5.82. The maximum Gasteiger partial charge on any atom is 0.237 e. The molecule has 1 aromatic carbocycles. The third-order valence-corrected chi connectivity index (χ3v) is 3.73. The van der Waals surface area contributed by atoms with E-state index in [1.165, 1.54) is 5.56 Å². The predicted molar refractivity (Wildman–Crippen MR) is 79.4 cm³/mol. The van der Waals surface area contributed by atoms with Gasteiger partial charge in [0.1, 0.15) is 0 Å². The fourth-order valence-electron chi connectivity index (χ4n) is 2.59. The van der Waals surface area contributed by atoms with Crippen molar-refractivity contribution in [1.82, 2.24) is 15.6 Å². The molecule has 1 aromatic heterocycles. The van der Waals surface area contributed by atoms with E-state index in [4.69, 9.17) is 0 Å². The fraction of sp³-hybridized carbons (Fsp3) is 0.375. The van der Waals surface area contributed by atoms with Gasteiger partial charge < -0.3 is 10.6 Å². The second kappa shape index (κ2) is 5.59. The minimum absolute atomic E-state index is 0.0596. The number of pyridine rings is 1. The molecule has 2 N–H and O–H groups in total. The number of carbonyl (C=O) groups excluding carboxylic acids is 1. The summed E-state index contributed by atoms with van der Waals surface area (Å²) in [7, 11) is 0. The predicted octanol–water partition coefficient (Wildman–Crippen LogP) is 1.91. The summed E-state index contributed by atoms with van der Waals surface area (Å²) in [5.41, 5.74) is 3.23. The van der Waals surface area contributed by atoms with Gasteiger partial charge in [0.05, 0.1) is 11.6 Å². The van der Waals surface area contributed by atoms with Crippen LogP contribution in [0.5, 0.6) is 0 Å². The van der Waals surface area contributed by atoms with Gasteiger partial charge >= 0.3 is 0 Å². The number of hydrogen-bond acceptors (Lipinski definition) is 3. The van der Waals surface area contributed by atoms with Crippen LogP contribution in [0.1, 0.15) is 24.1 Å². The fourth-order valence-corrected chi connectivity index (χ4v) is 2.59. The average Bonchev–Trinajstić information content (AvgIpc) is 2.46. The molecular weight excluding hydrogens is 250 g/mol. The summed E-state index contributed by atoms with van der Waals surface area (Å²) in [5, 5.41) is 7.37. The monoisotopic (exact) mass is 269 g/mol. The van der Waals surface area contributed by atoms with Gasteiger partial charge in [-0.2, -0.15) is 0 Å². The first-order chi connectivity index (χ1) is 9.72. The van der Waals surface area contributed by atoms with Crippen LogP contribution in [0.15, 0.2) is 30.3 Å². The zero-order valence-electron chi connectivity index (χ0n) is 11.6. The number of rotatable bonds is 3. The van der Waals surface area contributed by atoms with Crippen molar-refractivity contribution in [3.05, 3.63) is 41.6 Å². The Morgan fingerprint density at radius 1 is 1.35 bits per heavy atom. The smallest absolute Gasteiger partial charge is 0.237 e. The second-order valence-electron chi connectivity index (χ2n) is 5.35. The quantitative estimate of drug-likeness (QED) is 0.895. The first kappa shape index (κ1) is 13.1. The summed E-state index contributed by atoms with van der Waals surface area (Å²) in [6.07, 6.45) is 1.96. The van der Waals surface area contributed by atoms with Gasteiger partial charge in [-0.05, 0) is 43.5 Å². The van der Waals surface area contributed by atoms with Gasteiger partial charge in [0.25, 0.3) is 0 Å². The number of carbonyl (C=O) groups is 1. The summed E-state index contributed by atoms with van der Waals surface area (Å²) in [6, 6.07) is 10.3. The number of hydrogen-bond donors (Lipinski definition) is 2. The van der Waals surface area contributed by atoms with Crippen molar-refractivity contribution in [2.24, 2.45) is 0 Å². The number of aryl methyl sites for hydroxylation is 1. The van der Waals surface area contributed by atoms with Crippen LogP contribution in [0, 0.1) is 6.92 Å². The van der Waals surface area contributed by atoms with Crippen molar-refractivity contribution in [1.29, 1.82) is 0 Å². The number of piperidine rings is 1. The Balaban J connectivity index is 1.71. The van der Waals surface area contributed by atoms with Crippen LogP contribution in [-0.4, -0.2) is 23.5 Å². The van der Waals surface area contributed by atoms with E-state index in [2.05, 4.69) is 33.8 Å². The Bertz CT molecular complexity index is 639. The van der Waals surface area contributed by atoms with E-state index in [-0.39, 0.29) is 11.9 Å². The molecule has 0 saturated carbocycles. The molecule has 104 valence electrons. The number of fused-ring (bicyclic) bond motifs is 1. The van der Waals surface area contributed by atoms with Gasteiger partial charge in [0.15, 0.2) is 0 Å². The summed E-state index contributed by atoms with van der Waals surface area (Å²) in [5.74, 6) is 0.120. The Morgan fingerprint density at radius 2 is 2.25 bits per heavy atom. The van der Waals surface area contributed by atoms with Crippen molar-refractivity contribution in [2.45, 2.75) is 32.4 Å². The summed E-state index contributed by atoms with van der Waals surface area (Å²) in [4.78, 5) is 16.2. The SMILES string of the molecule is Cc1ccc2cc(CNC3CCCNC3=O)ccc2n1. The zero-order chi connectivity index (χ0) is 13.9. The summed E-state index contributed by atoms with van der Waals surface area (Å²) >= 11 is 0. The molecule has 4 heteroatoms. The minimum Gasteiger partial charge on any atom is -0.355 e. The molecule has 3 rings (SSSR count). The lowest BCUT2D eigenvalue weighted by molar-refractivity contribution is -0.124. The molecule has 1 aliphatic rings. The van der Waals surface area contributed by atoms with E-state index in [1.807, 2.05) is 19.1 Å². The Labute approximate surface area is 118 Å². The molecule has 4 nitrogen and oxygen atoms in total. The minimum atomic E-state index is -0.0596. The molecule has 1 fully saturated rings. The van der Waals surface area contributed by atoms with Gasteiger partial charge in [0.2, 0.25) is 5.91 Å². The number of amides is 1. The van der Waals surface area contributed by atoms with Crippen LogP contribution in [0.4, 0.5) is 0 Å². The van der Waals surface area contributed by atoms with Crippen LogP contribution in [0.2, 0.25) is 0 Å². The second-order valence-corrected chi connectivity index (χ2v) is 5.35. The molecule has 1 amide bonds. The lowest BCUT2D eigenvalue weighted by atomic mass is 10.1.